The molecule has 5 rings (SSSR count). The van der Waals surface area contributed by atoms with Crippen LogP contribution in [0.3, 0.4) is 0 Å². The first kappa shape index (κ1) is 23.8. The fraction of sp³-hybridized carbons (Fsp3) is 0.269. The molecular weight excluding hydrogens is 478 g/mol. The van der Waals surface area contributed by atoms with Gasteiger partial charge in [0, 0.05) is 23.9 Å². The fourth-order valence-corrected chi connectivity index (χ4v) is 5.27. The minimum atomic E-state index is -3.60. The Morgan fingerprint density at radius 1 is 1.08 bits per heavy atom. The number of fused-ring (bicyclic) bond motifs is 2. The molecular formula is C26H27N5O4S. The topological polar surface area (TPSA) is 117 Å². The molecule has 9 nitrogen and oxygen atoms in total. The second-order valence-corrected chi connectivity index (χ2v) is 11.1. The van der Waals surface area contributed by atoms with Gasteiger partial charge in [0.05, 0.1) is 29.2 Å². The van der Waals surface area contributed by atoms with Crippen molar-refractivity contribution >= 4 is 27.3 Å². The van der Waals surface area contributed by atoms with Crippen molar-refractivity contribution in [2.24, 2.45) is 0 Å². The number of aromatic nitrogens is 3. The van der Waals surface area contributed by atoms with Crippen LogP contribution in [0.15, 0.2) is 53.3 Å². The Morgan fingerprint density at radius 2 is 1.81 bits per heavy atom. The summed E-state index contributed by atoms with van der Waals surface area (Å²) >= 11 is 0. The molecule has 0 saturated heterocycles. The third kappa shape index (κ3) is 4.28. The average molecular weight is 506 g/mol. The number of amides is 1. The van der Waals surface area contributed by atoms with Gasteiger partial charge >= 0.3 is 0 Å². The van der Waals surface area contributed by atoms with Crippen molar-refractivity contribution in [1.82, 2.24) is 19.5 Å². The Kier molecular flexibility index (Phi) is 5.71. The minimum Gasteiger partial charge on any atom is -0.343 e. The van der Waals surface area contributed by atoms with E-state index in [4.69, 9.17) is 0 Å². The fourth-order valence-electron chi connectivity index (χ4n) is 4.69. The number of hydrogen-bond acceptors (Lipinski definition) is 5. The predicted octanol–water partition coefficient (Wildman–Crippen LogP) is 3.26. The number of carbonyl (C=O) groups is 1. The van der Waals surface area contributed by atoms with Gasteiger partial charge in [-0.3, -0.25) is 14.3 Å². The lowest BCUT2D eigenvalue weighted by Gasteiger charge is -2.36. The van der Waals surface area contributed by atoms with E-state index >= 15 is 0 Å². The van der Waals surface area contributed by atoms with Gasteiger partial charge < -0.3 is 9.88 Å². The summed E-state index contributed by atoms with van der Waals surface area (Å²) in [6.07, 6.45) is 1.57. The maximum atomic E-state index is 14.0. The van der Waals surface area contributed by atoms with Crippen molar-refractivity contribution in [2.45, 2.75) is 39.8 Å². The molecule has 186 valence electrons. The number of rotatable bonds is 4. The maximum Gasteiger partial charge on any atom is 0.277 e. The van der Waals surface area contributed by atoms with E-state index in [1.54, 1.807) is 36.1 Å². The predicted molar refractivity (Wildman–Crippen MR) is 138 cm³/mol. The van der Waals surface area contributed by atoms with E-state index in [0.29, 0.717) is 29.9 Å². The summed E-state index contributed by atoms with van der Waals surface area (Å²) < 4.78 is 27.8. The van der Waals surface area contributed by atoms with Crippen molar-refractivity contribution in [2.75, 3.05) is 11.0 Å². The van der Waals surface area contributed by atoms with Crippen LogP contribution in [-0.4, -0.2) is 40.1 Å². The molecule has 3 heterocycles. The highest BCUT2D eigenvalue weighted by Crippen LogP contribution is 2.35. The number of carbonyl (C=O) groups excluding carboxylic acids is 1. The molecule has 0 saturated carbocycles. The number of anilines is 1. The molecule has 0 bridgehead atoms. The van der Waals surface area contributed by atoms with Crippen LogP contribution >= 0.6 is 0 Å². The highest BCUT2D eigenvalue weighted by molar-refractivity contribution is 7.92. The Morgan fingerprint density at radius 3 is 2.53 bits per heavy atom. The molecule has 1 aliphatic heterocycles. The van der Waals surface area contributed by atoms with Crippen LogP contribution in [0, 0.1) is 20.8 Å². The SMILES string of the molecule is Cc1ccc(NS(C)(=O)=O)c(C(=O)N2Cc3ccccc3C[C@H]2c2cc3[nH]c(C)c(C)c(=O)n3n2)c1. The summed E-state index contributed by atoms with van der Waals surface area (Å²) in [6.45, 7) is 5.76. The largest absolute Gasteiger partial charge is 0.343 e. The number of nitrogens with zero attached hydrogens (tertiary/aromatic N) is 3. The first-order valence-electron chi connectivity index (χ1n) is 11.6. The van der Waals surface area contributed by atoms with Crippen LogP contribution < -0.4 is 10.3 Å². The summed E-state index contributed by atoms with van der Waals surface area (Å²) in [5, 5.41) is 4.60. The van der Waals surface area contributed by atoms with E-state index in [1.165, 1.54) is 4.52 Å². The smallest absolute Gasteiger partial charge is 0.277 e. The van der Waals surface area contributed by atoms with Crippen molar-refractivity contribution in [1.29, 1.82) is 0 Å². The number of hydrogen-bond donors (Lipinski definition) is 2. The van der Waals surface area contributed by atoms with E-state index in [-0.39, 0.29) is 22.7 Å². The zero-order valence-electron chi connectivity index (χ0n) is 20.5. The molecule has 10 heteroatoms. The second-order valence-electron chi connectivity index (χ2n) is 9.39. The number of sulfonamides is 1. The highest BCUT2D eigenvalue weighted by atomic mass is 32.2. The highest BCUT2D eigenvalue weighted by Gasteiger charge is 2.34. The van der Waals surface area contributed by atoms with Gasteiger partial charge in [0.15, 0.2) is 0 Å². The number of aromatic amines is 1. The van der Waals surface area contributed by atoms with Crippen molar-refractivity contribution in [3.63, 3.8) is 0 Å². The van der Waals surface area contributed by atoms with Crippen LogP contribution in [-0.2, 0) is 23.0 Å². The summed E-state index contributed by atoms with van der Waals surface area (Å²) in [6, 6.07) is 14.3. The Bertz CT molecular complexity index is 1690. The lowest BCUT2D eigenvalue weighted by molar-refractivity contribution is 0.0634. The maximum absolute atomic E-state index is 14.0. The van der Waals surface area contributed by atoms with Gasteiger partial charge in [-0.2, -0.15) is 9.61 Å². The molecule has 0 spiro atoms. The molecule has 1 aliphatic rings. The lowest BCUT2D eigenvalue weighted by atomic mass is 9.91. The third-order valence-corrected chi connectivity index (χ3v) is 7.26. The molecule has 0 aliphatic carbocycles. The van der Waals surface area contributed by atoms with Gasteiger partial charge in [-0.15, -0.1) is 0 Å². The van der Waals surface area contributed by atoms with Crippen molar-refractivity contribution in [3.8, 4) is 0 Å². The average Bonchev–Trinajstić information content (AvgIpc) is 3.25. The van der Waals surface area contributed by atoms with Gasteiger partial charge in [-0.25, -0.2) is 8.42 Å². The quantitative estimate of drug-likeness (QED) is 0.442. The van der Waals surface area contributed by atoms with Crippen LogP contribution in [0.5, 0.6) is 0 Å². The molecule has 1 amide bonds. The number of H-pyrrole nitrogens is 1. The zero-order valence-corrected chi connectivity index (χ0v) is 21.3. The molecule has 0 unspecified atom stereocenters. The standard InChI is InChI=1S/C26H27N5O4S/c1-15-9-10-21(29-36(4,34)35)20(11-15)26(33)30-14-19-8-6-5-7-18(19)12-23(30)22-13-24-27-17(3)16(2)25(32)31(24)28-22/h5-11,13,23,27,29H,12,14H2,1-4H3/t23-/m0/s1. The molecule has 1 atom stereocenters. The lowest BCUT2D eigenvalue weighted by Crippen LogP contribution is -2.39. The molecule has 2 aromatic carbocycles. The summed E-state index contributed by atoms with van der Waals surface area (Å²) in [4.78, 5) is 31.8. The zero-order chi connectivity index (χ0) is 25.8. The third-order valence-electron chi connectivity index (χ3n) is 6.67. The molecule has 4 aromatic rings. The molecule has 2 aromatic heterocycles. The summed E-state index contributed by atoms with van der Waals surface area (Å²) in [5.41, 5.74) is 5.70. The van der Waals surface area contributed by atoms with Crippen LogP contribution in [0.2, 0.25) is 0 Å². The molecule has 36 heavy (non-hydrogen) atoms. The number of aryl methyl sites for hydroxylation is 2. The number of nitrogens with one attached hydrogen (secondary N) is 2. The summed E-state index contributed by atoms with van der Waals surface area (Å²) in [5.74, 6) is -0.319. The second kappa shape index (κ2) is 8.63. The monoisotopic (exact) mass is 505 g/mol. The van der Waals surface area contributed by atoms with Crippen LogP contribution in [0.1, 0.15) is 50.0 Å². The van der Waals surface area contributed by atoms with Gasteiger partial charge in [0.2, 0.25) is 10.0 Å². The normalized spacial score (nSPS) is 15.7. The van der Waals surface area contributed by atoms with E-state index in [2.05, 4.69) is 14.8 Å². The van der Waals surface area contributed by atoms with Gasteiger partial charge in [-0.05, 0) is 50.5 Å². The Hall–Kier alpha value is -3.92. The van der Waals surface area contributed by atoms with Crippen molar-refractivity contribution in [3.05, 3.63) is 98.1 Å². The van der Waals surface area contributed by atoms with Crippen LogP contribution in [0.4, 0.5) is 5.69 Å². The van der Waals surface area contributed by atoms with Crippen LogP contribution in [0.25, 0.3) is 5.65 Å². The van der Waals surface area contributed by atoms with Crippen molar-refractivity contribution < 1.29 is 13.2 Å². The van der Waals surface area contributed by atoms with Gasteiger partial charge in [0.1, 0.15) is 5.65 Å². The van der Waals surface area contributed by atoms with Gasteiger partial charge in [-0.1, -0.05) is 35.9 Å². The Labute approximate surface area is 208 Å². The minimum absolute atomic E-state index is 0.208. The molecule has 0 radical (unpaired) electrons. The molecule has 0 fully saturated rings. The number of benzene rings is 2. The molecule has 2 N–H and O–H groups in total. The van der Waals surface area contributed by atoms with Gasteiger partial charge in [0.25, 0.3) is 11.5 Å². The van der Waals surface area contributed by atoms with E-state index in [9.17, 15) is 18.0 Å². The first-order chi connectivity index (χ1) is 17.0. The van der Waals surface area contributed by atoms with E-state index in [1.807, 2.05) is 38.1 Å². The Balaban J connectivity index is 1.65. The first-order valence-corrected chi connectivity index (χ1v) is 13.5. The van der Waals surface area contributed by atoms with E-state index < -0.39 is 16.1 Å². The van der Waals surface area contributed by atoms with E-state index in [0.717, 1.165) is 28.6 Å². The summed E-state index contributed by atoms with van der Waals surface area (Å²) in [7, 11) is -3.60.